The van der Waals surface area contributed by atoms with Gasteiger partial charge in [-0.25, -0.2) is 9.97 Å². The molecule has 7 nitrogen and oxygen atoms in total. The SMILES string of the molecule is CC(NC(=O)COC(=O)C1CCN(c2ncccn2)CC1)c1ccc(Cl)c(Cl)c1. The average molecular weight is 437 g/mol. The van der Waals surface area contributed by atoms with Crippen LogP contribution in [0.5, 0.6) is 0 Å². The second kappa shape index (κ2) is 9.89. The molecule has 0 saturated carbocycles. The van der Waals surface area contributed by atoms with Crippen LogP contribution < -0.4 is 10.2 Å². The molecule has 29 heavy (non-hydrogen) atoms. The summed E-state index contributed by atoms with van der Waals surface area (Å²) in [6.07, 6.45) is 4.66. The summed E-state index contributed by atoms with van der Waals surface area (Å²) in [5, 5.41) is 3.66. The highest BCUT2D eigenvalue weighted by atomic mass is 35.5. The van der Waals surface area contributed by atoms with E-state index in [1.807, 2.05) is 11.8 Å². The van der Waals surface area contributed by atoms with Crippen LogP contribution in [0.2, 0.25) is 10.0 Å². The number of amides is 1. The van der Waals surface area contributed by atoms with Crippen LogP contribution in [0.3, 0.4) is 0 Å². The highest BCUT2D eigenvalue weighted by molar-refractivity contribution is 6.42. The van der Waals surface area contributed by atoms with Crippen molar-refractivity contribution in [3.63, 3.8) is 0 Å². The van der Waals surface area contributed by atoms with Gasteiger partial charge >= 0.3 is 5.97 Å². The van der Waals surface area contributed by atoms with E-state index in [9.17, 15) is 9.59 Å². The molecule has 1 atom stereocenters. The predicted octanol–water partition coefficient (Wildman–Crippen LogP) is 3.42. The number of hydrogen-bond acceptors (Lipinski definition) is 6. The number of carbonyl (C=O) groups is 2. The van der Waals surface area contributed by atoms with Crippen molar-refractivity contribution in [1.82, 2.24) is 15.3 Å². The summed E-state index contributed by atoms with van der Waals surface area (Å²) in [4.78, 5) is 34.9. The molecule has 1 aliphatic rings. The number of halogens is 2. The van der Waals surface area contributed by atoms with Crippen LogP contribution in [-0.2, 0) is 14.3 Å². The van der Waals surface area contributed by atoms with Crippen molar-refractivity contribution >= 4 is 41.0 Å². The van der Waals surface area contributed by atoms with Gasteiger partial charge in [0.1, 0.15) is 0 Å². The maximum Gasteiger partial charge on any atom is 0.309 e. The lowest BCUT2D eigenvalue weighted by atomic mass is 9.97. The number of carbonyl (C=O) groups excluding carboxylic acids is 2. The molecule has 3 rings (SSSR count). The zero-order valence-electron chi connectivity index (χ0n) is 16.0. The molecule has 1 aliphatic heterocycles. The number of nitrogens with one attached hydrogen (secondary N) is 1. The van der Waals surface area contributed by atoms with E-state index in [0.717, 1.165) is 5.56 Å². The van der Waals surface area contributed by atoms with E-state index < -0.39 is 0 Å². The monoisotopic (exact) mass is 436 g/mol. The molecule has 1 amide bonds. The van der Waals surface area contributed by atoms with Gasteiger partial charge in [-0.3, -0.25) is 9.59 Å². The van der Waals surface area contributed by atoms with E-state index >= 15 is 0 Å². The summed E-state index contributed by atoms with van der Waals surface area (Å²) in [6, 6.07) is 6.64. The number of piperidine rings is 1. The van der Waals surface area contributed by atoms with Crippen LogP contribution in [0.15, 0.2) is 36.7 Å². The Morgan fingerprint density at radius 3 is 2.55 bits per heavy atom. The third-order valence-corrected chi connectivity index (χ3v) is 5.57. The Labute approximate surface area is 179 Å². The first-order valence-corrected chi connectivity index (χ1v) is 10.1. The predicted molar refractivity (Wildman–Crippen MR) is 111 cm³/mol. The van der Waals surface area contributed by atoms with Gasteiger partial charge in [-0.1, -0.05) is 29.3 Å². The van der Waals surface area contributed by atoms with Gasteiger partial charge < -0.3 is 15.0 Å². The fourth-order valence-electron chi connectivity index (χ4n) is 3.17. The minimum absolute atomic E-state index is 0.227. The minimum atomic E-state index is -0.368. The highest BCUT2D eigenvalue weighted by Crippen LogP contribution is 2.25. The number of nitrogens with zero attached hydrogens (tertiary/aromatic N) is 3. The first kappa shape index (κ1) is 21.3. The molecule has 1 aromatic heterocycles. The number of benzene rings is 1. The topological polar surface area (TPSA) is 84.4 Å². The average Bonchev–Trinajstić information content (AvgIpc) is 2.74. The molecule has 154 valence electrons. The van der Waals surface area contributed by atoms with Crippen molar-refractivity contribution in [3.05, 3.63) is 52.3 Å². The molecular formula is C20H22Cl2N4O3. The van der Waals surface area contributed by atoms with E-state index in [0.29, 0.717) is 41.9 Å². The molecule has 0 radical (unpaired) electrons. The lowest BCUT2D eigenvalue weighted by Crippen LogP contribution is -2.39. The third-order valence-electron chi connectivity index (χ3n) is 4.83. The summed E-state index contributed by atoms with van der Waals surface area (Å²) in [7, 11) is 0. The van der Waals surface area contributed by atoms with Crippen LogP contribution in [0, 0.1) is 5.92 Å². The first-order valence-electron chi connectivity index (χ1n) is 9.37. The van der Waals surface area contributed by atoms with Gasteiger partial charge in [0.15, 0.2) is 6.61 Å². The number of esters is 1. The van der Waals surface area contributed by atoms with Gasteiger partial charge in [-0.15, -0.1) is 0 Å². The molecule has 1 N–H and O–H groups in total. The Kier molecular flexibility index (Phi) is 7.28. The van der Waals surface area contributed by atoms with E-state index in [1.165, 1.54) is 0 Å². The Hall–Kier alpha value is -2.38. The summed E-state index contributed by atoms with van der Waals surface area (Å²) >= 11 is 11.9. The van der Waals surface area contributed by atoms with Crippen LogP contribution in [0.25, 0.3) is 0 Å². The second-order valence-corrected chi connectivity index (χ2v) is 7.69. The zero-order chi connectivity index (χ0) is 20.8. The molecule has 2 aromatic rings. The van der Waals surface area contributed by atoms with E-state index in [2.05, 4.69) is 15.3 Å². The molecule has 1 unspecified atom stereocenters. The van der Waals surface area contributed by atoms with Crippen molar-refractivity contribution in [2.75, 3.05) is 24.6 Å². The Morgan fingerprint density at radius 1 is 1.21 bits per heavy atom. The summed E-state index contributed by atoms with van der Waals surface area (Å²) in [5.74, 6) is -0.284. The highest BCUT2D eigenvalue weighted by Gasteiger charge is 2.27. The van der Waals surface area contributed by atoms with Crippen LogP contribution >= 0.6 is 23.2 Å². The molecule has 1 fully saturated rings. The lowest BCUT2D eigenvalue weighted by molar-refractivity contribution is -0.153. The zero-order valence-corrected chi connectivity index (χ0v) is 17.5. The number of hydrogen-bond donors (Lipinski definition) is 1. The fourth-order valence-corrected chi connectivity index (χ4v) is 3.48. The summed E-state index contributed by atoms with van der Waals surface area (Å²) < 4.78 is 5.22. The van der Waals surface area contributed by atoms with E-state index in [-0.39, 0.29) is 30.4 Å². The Bertz CT molecular complexity index is 858. The second-order valence-electron chi connectivity index (χ2n) is 6.88. The van der Waals surface area contributed by atoms with Crippen molar-refractivity contribution in [2.24, 2.45) is 5.92 Å². The molecule has 0 spiro atoms. The largest absolute Gasteiger partial charge is 0.455 e. The van der Waals surface area contributed by atoms with Crippen molar-refractivity contribution in [3.8, 4) is 0 Å². The van der Waals surface area contributed by atoms with E-state index in [4.69, 9.17) is 27.9 Å². The maximum atomic E-state index is 12.3. The Balaban J connectivity index is 1.42. The minimum Gasteiger partial charge on any atom is -0.455 e. The molecule has 2 heterocycles. The normalized spacial score (nSPS) is 15.6. The number of aromatic nitrogens is 2. The number of rotatable bonds is 6. The molecule has 0 bridgehead atoms. The molecule has 9 heteroatoms. The van der Waals surface area contributed by atoms with Crippen molar-refractivity contribution in [1.29, 1.82) is 0 Å². The van der Waals surface area contributed by atoms with Gasteiger partial charge in [0.05, 0.1) is 22.0 Å². The van der Waals surface area contributed by atoms with Crippen LogP contribution in [0.4, 0.5) is 5.95 Å². The number of ether oxygens (including phenoxy) is 1. The molecular weight excluding hydrogens is 415 g/mol. The van der Waals surface area contributed by atoms with Gasteiger partial charge in [-0.2, -0.15) is 0 Å². The maximum absolute atomic E-state index is 12.3. The quantitative estimate of drug-likeness (QED) is 0.698. The smallest absolute Gasteiger partial charge is 0.309 e. The summed E-state index contributed by atoms with van der Waals surface area (Å²) in [5.41, 5.74) is 0.814. The Morgan fingerprint density at radius 2 is 1.90 bits per heavy atom. The molecule has 1 aromatic carbocycles. The fraction of sp³-hybridized carbons (Fsp3) is 0.400. The van der Waals surface area contributed by atoms with Gasteiger partial charge in [-0.05, 0) is 43.5 Å². The van der Waals surface area contributed by atoms with Crippen molar-refractivity contribution < 1.29 is 14.3 Å². The summed E-state index contributed by atoms with van der Waals surface area (Å²) in [6.45, 7) is 2.85. The van der Waals surface area contributed by atoms with E-state index in [1.54, 1.807) is 36.7 Å². The standard InChI is InChI=1S/C20H22Cl2N4O3/c1-13(15-3-4-16(21)17(22)11-15)25-18(27)12-29-19(28)14-5-9-26(10-6-14)20-23-7-2-8-24-20/h2-4,7-8,11,13-14H,5-6,9-10,12H2,1H3,(H,25,27). The van der Waals surface area contributed by atoms with Gasteiger partial charge in [0, 0.05) is 25.5 Å². The number of anilines is 1. The van der Waals surface area contributed by atoms with Crippen molar-refractivity contribution in [2.45, 2.75) is 25.8 Å². The first-order chi connectivity index (χ1) is 13.9. The third kappa shape index (κ3) is 5.81. The van der Waals surface area contributed by atoms with Crippen LogP contribution in [-0.4, -0.2) is 41.5 Å². The van der Waals surface area contributed by atoms with Crippen LogP contribution in [0.1, 0.15) is 31.4 Å². The van der Waals surface area contributed by atoms with Gasteiger partial charge in [0.2, 0.25) is 5.95 Å². The molecule has 1 saturated heterocycles. The lowest BCUT2D eigenvalue weighted by Gasteiger charge is -2.30. The van der Waals surface area contributed by atoms with Gasteiger partial charge in [0.25, 0.3) is 5.91 Å². The molecule has 0 aliphatic carbocycles.